The van der Waals surface area contributed by atoms with Crippen molar-refractivity contribution >= 4 is 17.8 Å². The molecule has 0 saturated carbocycles. The minimum Gasteiger partial charge on any atom is -0.463 e. The van der Waals surface area contributed by atoms with Gasteiger partial charge < -0.3 is 14.2 Å². The van der Waals surface area contributed by atoms with Crippen LogP contribution in [0.4, 0.5) is 10.2 Å². The number of nitrogens with zero attached hydrogens (tertiary/aromatic N) is 2. The highest BCUT2D eigenvalue weighted by atomic mass is 19.1. The zero-order valence-electron chi connectivity index (χ0n) is 12.8. The van der Waals surface area contributed by atoms with Gasteiger partial charge in [-0.05, 0) is 6.07 Å². The van der Waals surface area contributed by atoms with E-state index >= 15 is 0 Å². The first kappa shape index (κ1) is 17.8. The highest BCUT2D eigenvalue weighted by Gasteiger charge is 2.49. The average Bonchev–Trinajstić information content (AvgIpc) is 2.81. The SMILES string of the molecule is CC(=O)OC[C@H]1O[C@@H](n2ccc(NO)nc2=O)[C@H](F)[C@@H]1OC(C)=O. The molecule has 2 rings (SSSR count). The summed E-state index contributed by atoms with van der Waals surface area (Å²) in [4.78, 5) is 37.4. The van der Waals surface area contributed by atoms with Crippen LogP contribution < -0.4 is 11.2 Å². The molecule has 1 aliphatic rings. The molecule has 10 nitrogen and oxygen atoms in total. The molecule has 1 aromatic rings. The smallest absolute Gasteiger partial charge is 0.351 e. The summed E-state index contributed by atoms with van der Waals surface area (Å²) in [6.45, 7) is 1.91. The van der Waals surface area contributed by atoms with Crippen molar-refractivity contribution in [1.29, 1.82) is 0 Å². The molecule has 2 heterocycles. The molecule has 1 saturated heterocycles. The molecule has 4 atom stereocenters. The Morgan fingerprint density at radius 3 is 2.71 bits per heavy atom. The molecule has 0 aliphatic carbocycles. The molecule has 132 valence electrons. The number of alkyl halides is 1. The molecule has 2 N–H and O–H groups in total. The van der Waals surface area contributed by atoms with Gasteiger partial charge in [-0.1, -0.05) is 0 Å². The molecule has 0 radical (unpaired) electrons. The van der Waals surface area contributed by atoms with E-state index in [-0.39, 0.29) is 12.4 Å². The van der Waals surface area contributed by atoms with Gasteiger partial charge in [0, 0.05) is 20.0 Å². The molecule has 0 unspecified atom stereocenters. The zero-order chi connectivity index (χ0) is 17.9. The summed E-state index contributed by atoms with van der Waals surface area (Å²) in [5.74, 6) is -1.49. The number of anilines is 1. The molecule has 0 bridgehead atoms. The van der Waals surface area contributed by atoms with E-state index in [9.17, 15) is 18.8 Å². The summed E-state index contributed by atoms with van der Waals surface area (Å²) in [5, 5.41) is 8.70. The first-order valence-corrected chi connectivity index (χ1v) is 6.93. The van der Waals surface area contributed by atoms with Crippen molar-refractivity contribution in [1.82, 2.24) is 9.55 Å². The van der Waals surface area contributed by atoms with Crippen LogP contribution >= 0.6 is 0 Å². The molecule has 1 aromatic heterocycles. The number of halogens is 1. The molecular weight excluding hydrogens is 329 g/mol. The molecule has 11 heteroatoms. The number of hydrogen-bond acceptors (Lipinski definition) is 9. The van der Waals surface area contributed by atoms with Crippen molar-refractivity contribution < 1.29 is 33.4 Å². The minimum atomic E-state index is -1.89. The van der Waals surface area contributed by atoms with E-state index in [4.69, 9.17) is 19.4 Å². The molecule has 0 amide bonds. The van der Waals surface area contributed by atoms with Crippen LogP contribution in [0.2, 0.25) is 0 Å². The number of aromatic nitrogens is 2. The predicted molar refractivity (Wildman–Crippen MR) is 74.9 cm³/mol. The Morgan fingerprint density at radius 1 is 1.46 bits per heavy atom. The maximum absolute atomic E-state index is 14.6. The third kappa shape index (κ3) is 3.86. The maximum Gasteiger partial charge on any atom is 0.351 e. The van der Waals surface area contributed by atoms with Crippen LogP contribution in [0.1, 0.15) is 20.1 Å². The number of ether oxygens (including phenoxy) is 3. The van der Waals surface area contributed by atoms with Crippen LogP contribution in [-0.4, -0.2) is 51.7 Å². The summed E-state index contributed by atoms with van der Waals surface area (Å²) < 4.78 is 30.5. The van der Waals surface area contributed by atoms with Crippen molar-refractivity contribution in [3.05, 3.63) is 22.7 Å². The van der Waals surface area contributed by atoms with Gasteiger partial charge in [-0.25, -0.2) is 9.18 Å². The Labute approximate surface area is 135 Å². The number of carbonyl (C=O) groups excluding carboxylic acids is 2. The van der Waals surface area contributed by atoms with Gasteiger partial charge in [-0.2, -0.15) is 4.98 Å². The Balaban J connectivity index is 2.26. The second-order valence-corrected chi connectivity index (χ2v) is 5.00. The summed E-state index contributed by atoms with van der Waals surface area (Å²) >= 11 is 0. The lowest BCUT2D eigenvalue weighted by Gasteiger charge is -2.18. The normalized spacial score (nSPS) is 26.0. The molecular formula is C13H16FN3O7. The van der Waals surface area contributed by atoms with Crippen molar-refractivity contribution in [3.8, 4) is 0 Å². The van der Waals surface area contributed by atoms with E-state index in [2.05, 4.69) is 4.98 Å². The molecule has 0 spiro atoms. The van der Waals surface area contributed by atoms with E-state index in [0.29, 0.717) is 0 Å². The molecule has 24 heavy (non-hydrogen) atoms. The third-order valence-electron chi connectivity index (χ3n) is 3.24. The molecule has 1 fully saturated rings. The monoisotopic (exact) mass is 345 g/mol. The predicted octanol–water partition coefficient (Wildman–Crippen LogP) is -0.225. The van der Waals surface area contributed by atoms with E-state index < -0.39 is 42.2 Å². The fourth-order valence-electron chi connectivity index (χ4n) is 2.25. The summed E-state index contributed by atoms with van der Waals surface area (Å²) in [7, 11) is 0. The fraction of sp³-hybridized carbons (Fsp3) is 0.538. The van der Waals surface area contributed by atoms with Crippen LogP contribution in [0.5, 0.6) is 0 Å². The molecule has 1 aliphatic heterocycles. The number of nitrogens with one attached hydrogen (secondary N) is 1. The van der Waals surface area contributed by atoms with Crippen LogP contribution in [0.25, 0.3) is 0 Å². The Bertz CT molecular complexity index is 680. The number of rotatable bonds is 5. The first-order chi connectivity index (χ1) is 11.3. The fourth-order valence-corrected chi connectivity index (χ4v) is 2.25. The van der Waals surface area contributed by atoms with Crippen LogP contribution in [0.15, 0.2) is 17.1 Å². The lowest BCUT2D eigenvalue weighted by atomic mass is 10.1. The Hall–Kier alpha value is -2.53. The van der Waals surface area contributed by atoms with Crippen LogP contribution in [0, 0.1) is 0 Å². The topological polar surface area (TPSA) is 129 Å². The van der Waals surface area contributed by atoms with E-state index in [1.54, 1.807) is 5.48 Å². The second kappa shape index (κ2) is 7.36. The van der Waals surface area contributed by atoms with Crippen molar-refractivity contribution in [2.24, 2.45) is 0 Å². The van der Waals surface area contributed by atoms with Gasteiger partial charge in [0.05, 0.1) is 0 Å². The summed E-state index contributed by atoms with van der Waals surface area (Å²) in [5.41, 5.74) is 0.795. The quantitative estimate of drug-likeness (QED) is 0.549. The van der Waals surface area contributed by atoms with Crippen molar-refractivity contribution in [3.63, 3.8) is 0 Å². The largest absolute Gasteiger partial charge is 0.463 e. The second-order valence-electron chi connectivity index (χ2n) is 5.00. The van der Waals surface area contributed by atoms with Crippen LogP contribution in [0.3, 0.4) is 0 Å². The molecule has 0 aromatic carbocycles. The van der Waals surface area contributed by atoms with Gasteiger partial charge in [0.1, 0.15) is 12.7 Å². The summed E-state index contributed by atoms with van der Waals surface area (Å²) in [6, 6.07) is 1.22. The minimum absolute atomic E-state index is 0.127. The Kier molecular flexibility index (Phi) is 5.46. The highest BCUT2D eigenvalue weighted by molar-refractivity contribution is 5.66. The zero-order valence-corrected chi connectivity index (χ0v) is 12.8. The van der Waals surface area contributed by atoms with E-state index in [1.807, 2.05) is 0 Å². The van der Waals surface area contributed by atoms with Gasteiger partial charge in [0.25, 0.3) is 0 Å². The van der Waals surface area contributed by atoms with Gasteiger partial charge in [-0.3, -0.25) is 24.8 Å². The first-order valence-electron chi connectivity index (χ1n) is 6.93. The average molecular weight is 345 g/mol. The summed E-state index contributed by atoms with van der Waals surface area (Å²) in [6.07, 6.45) is -4.59. The standard InChI is InChI=1S/C13H16FN3O7/c1-6(18)22-5-8-11(23-7(2)19)10(14)12(24-8)17-4-3-9(16-21)15-13(17)20/h3-4,8,10-12,21H,5H2,1-2H3,(H,15,16,20)/t8-,10-,11-,12-/m1/s1. The van der Waals surface area contributed by atoms with Gasteiger partial charge in [-0.15, -0.1) is 0 Å². The maximum atomic E-state index is 14.6. The van der Waals surface area contributed by atoms with E-state index in [0.717, 1.165) is 24.6 Å². The highest BCUT2D eigenvalue weighted by Crippen LogP contribution is 2.33. The van der Waals surface area contributed by atoms with Gasteiger partial charge in [0.15, 0.2) is 24.3 Å². The van der Waals surface area contributed by atoms with Gasteiger partial charge >= 0.3 is 17.6 Å². The third-order valence-corrected chi connectivity index (χ3v) is 3.24. The van der Waals surface area contributed by atoms with Crippen molar-refractivity contribution in [2.45, 2.75) is 38.5 Å². The number of hydrogen-bond donors (Lipinski definition) is 2. The van der Waals surface area contributed by atoms with Gasteiger partial charge in [0.2, 0.25) is 0 Å². The number of carbonyl (C=O) groups is 2. The Morgan fingerprint density at radius 2 is 2.17 bits per heavy atom. The lowest BCUT2D eigenvalue weighted by molar-refractivity contribution is -0.156. The van der Waals surface area contributed by atoms with Crippen LogP contribution in [-0.2, 0) is 23.8 Å². The van der Waals surface area contributed by atoms with Crippen molar-refractivity contribution in [2.75, 3.05) is 12.1 Å². The lowest BCUT2D eigenvalue weighted by Crippen LogP contribution is -2.37. The number of esters is 2. The van der Waals surface area contributed by atoms with E-state index in [1.165, 1.54) is 6.07 Å².